The molecule has 0 radical (unpaired) electrons. The zero-order valence-electron chi connectivity index (χ0n) is 12.2. The van der Waals surface area contributed by atoms with Crippen molar-refractivity contribution in [3.8, 4) is 10.6 Å². The van der Waals surface area contributed by atoms with Gasteiger partial charge in [0.25, 0.3) is 0 Å². The van der Waals surface area contributed by atoms with Gasteiger partial charge in [-0.15, -0.1) is 11.3 Å². The third-order valence-corrected chi connectivity index (χ3v) is 3.75. The fraction of sp³-hybridized carbons (Fsp3) is 0.375. The van der Waals surface area contributed by atoms with Crippen LogP contribution in [-0.2, 0) is 22.6 Å². The van der Waals surface area contributed by atoms with Crippen molar-refractivity contribution in [1.29, 1.82) is 0 Å². The number of carboxylic acid groups (broad SMARTS) is 1. The van der Waals surface area contributed by atoms with Crippen molar-refractivity contribution in [2.24, 2.45) is 5.92 Å². The van der Waals surface area contributed by atoms with Crippen molar-refractivity contribution in [3.63, 3.8) is 0 Å². The van der Waals surface area contributed by atoms with Crippen LogP contribution >= 0.6 is 11.3 Å². The van der Waals surface area contributed by atoms with Gasteiger partial charge in [0.05, 0.1) is 18.7 Å². The number of hydrogen-bond donors (Lipinski definition) is 1. The minimum Gasteiger partial charge on any atom is -0.481 e. The molecule has 1 N–H and O–H groups in total. The van der Waals surface area contributed by atoms with Crippen molar-refractivity contribution in [2.75, 3.05) is 6.61 Å². The van der Waals surface area contributed by atoms with Gasteiger partial charge in [0.1, 0.15) is 5.01 Å². The van der Waals surface area contributed by atoms with E-state index in [2.05, 4.69) is 18.8 Å². The Balaban J connectivity index is 1.98. The average Bonchev–Trinajstić information content (AvgIpc) is 2.87. The molecule has 1 aromatic heterocycles. The van der Waals surface area contributed by atoms with E-state index in [-0.39, 0.29) is 6.42 Å². The predicted molar refractivity (Wildman–Crippen MR) is 83.4 cm³/mol. The van der Waals surface area contributed by atoms with Crippen LogP contribution in [0.3, 0.4) is 0 Å². The summed E-state index contributed by atoms with van der Waals surface area (Å²) in [5.74, 6) is -0.322. The van der Waals surface area contributed by atoms with Crippen LogP contribution in [0.4, 0.5) is 0 Å². The van der Waals surface area contributed by atoms with Gasteiger partial charge in [-0.05, 0) is 11.5 Å². The summed E-state index contributed by atoms with van der Waals surface area (Å²) in [6.45, 7) is 5.62. The standard InChI is InChI=1S/C16H19NO3S/c1-11(2)8-20-9-12-3-5-13(6-4-12)16-17-14(10-21-16)7-15(18)19/h3-6,10-11H,7-9H2,1-2H3,(H,18,19). The third kappa shape index (κ3) is 4.95. The monoisotopic (exact) mass is 305 g/mol. The Labute approximate surface area is 128 Å². The summed E-state index contributed by atoms with van der Waals surface area (Å²) in [4.78, 5) is 15.0. The Morgan fingerprint density at radius 2 is 2.05 bits per heavy atom. The number of benzene rings is 1. The maximum Gasteiger partial charge on any atom is 0.309 e. The molecule has 21 heavy (non-hydrogen) atoms. The molecular formula is C16H19NO3S. The van der Waals surface area contributed by atoms with Crippen LogP contribution in [0.2, 0.25) is 0 Å². The second kappa shape index (κ2) is 7.33. The summed E-state index contributed by atoms with van der Waals surface area (Å²) in [6, 6.07) is 8.04. The third-order valence-electron chi connectivity index (χ3n) is 2.80. The highest BCUT2D eigenvalue weighted by atomic mass is 32.1. The van der Waals surface area contributed by atoms with E-state index < -0.39 is 5.97 Å². The smallest absolute Gasteiger partial charge is 0.309 e. The van der Waals surface area contributed by atoms with Crippen LogP contribution < -0.4 is 0 Å². The SMILES string of the molecule is CC(C)COCc1ccc(-c2nc(CC(=O)O)cs2)cc1. The van der Waals surface area contributed by atoms with Crippen molar-refractivity contribution in [1.82, 2.24) is 4.98 Å². The lowest BCUT2D eigenvalue weighted by Crippen LogP contribution is -2.01. The molecule has 112 valence electrons. The molecule has 2 aromatic rings. The Morgan fingerprint density at radius 1 is 1.33 bits per heavy atom. The molecular weight excluding hydrogens is 286 g/mol. The molecule has 0 saturated carbocycles. The number of aromatic nitrogens is 1. The van der Waals surface area contributed by atoms with Gasteiger partial charge in [-0.1, -0.05) is 38.1 Å². The largest absolute Gasteiger partial charge is 0.481 e. The molecule has 4 nitrogen and oxygen atoms in total. The van der Waals surface area contributed by atoms with Crippen LogP contribution in [0.5, 0.6) is 0 Å². The lowest BCUT2D eigenvalue weighted by atomic mass is 10.1. The highest BCUT2D eigenvalue weighted by molar-refractivity contribution is 7.13. The predicted octanol–water partition coefficient (Wildman–Crippen LogP) is 3.61. The van der Waals surface area contributed by atoms with Crippen LogP contribution in [0.15, 0.2) is 29.6 Å². The topological polar surface area (TPSA) is 59.4 Å². The highest BCUT2D eigenvalue weighted by Crippen LogP contribution is 2.24. The van der Waals surface area contributed by atoms with Gasteiger partial charge in [-0.3, -0.25) is 4.79 Å². The van der Waals surface area contributed by atoms with Crippen molar-refractivity contribution in [3.05, 3.63) is 40.9 Å². The normalized spacial score (nSPS) is 11.0. The lowest BCUT2D eigenvalue weighted by Gasteiger charge is -2.07. The Kier molecular flexibility index (Phi) is 5.47. The molecule has 0 bridgehead atoms. The van der Waals surface area contributed by atoms with Crippen LogP contribution in [0.1, 0.15) is 25.1 Å². The number of ether oxygens (including phenoxy) is 1. The summed E-state index contributed by atoms with van der Waals surface area (Å²) in [6.07, 6.45) is -0.0301. The molecule has 0 amide bonds. The van der Waals surface area contributed by atoms with E-state index in [0.717, 1.165) is 22.7 Å². The molecule has 5 heteroatoms. The molecule has 0 aliphatic carbocycles. The van der Waals surface area contributed by atoms with Crippen molar-refractivity contribution >= 4 is 17.3 Å². The fourth-order valence-corrected chi connectivity index (χ4v) is 2.66. The summed E-state index contributed by atoms with van der Waals surface area (Å²) < 4.78 is 5.60. The second-order valence-corrected chi connectivity index (χ2v) is 6.18. The van der Waals surface area contributed by atoms with Crippen LogP contribution in [-0.4, -0.2) is 22.7 Å². The van der Waals surface area contributed by atoms with E-state index in [1.165, 1.54) is 11.3 Å². The van der Waals surface area contributed by atoms with Gasteiger partial charge in [-0.2, -0.15) is 0 Å². The van der Waals surface area contributed by atoms with Gasteiger partial charge < -0.3 is 9.84 Å². The number of nitrogens with zero attached hydrogens (tertiary/aromatic N) is 1. The van der Waals surface area contributed by atoms with Gasteiger partial charge >= 0.3 is 5.97 Å². The first-order valence-electron chi connectivity index (χ1n) is 6.88. The maximum atomic E-state index is 10.7. The average molecular weight is 305 g/mol. The number of carboxylic acids is 1. The fourth-order valence-electron chi connectivity index (χ4n) is 1.83. The molecule has 0 unspecified atom stereocenters. The Morgan fingerprint density at radius 3 is 2.67 bits per heavy atom. The lowest BCUT2D eigenvalue weighted by molar-refractivity contribution is -0.136. The molecule has 1 aromatic carbocycles. The second-order valence-electron chi connectivity index (χ2n) is 5.32. The van der Waals surface area contributed by atoms with Gasteiger partial charge in [0.15, 0.2) is 0 Å². The van der Waals surface area contributed by atoms with E-state index in [4.69, 9.17) is 9.84 Å². The van der Waals surface area contributed by atoms with Gasteiger partial charge in [-0.25, -0.2) is 4.98 Å². The molecule has 0 aliphatic rings. The quantitative estimate of drug-likeness (QED) is 0.849. The Bertz CT molecular complexity index is 590. The highest BCUT2D eigenvalue weighted by Gasteiger charge is 2.08. The van der Waals surface area contributed by atoms with E-state index in [9.17, 15) is 4.79 Å². The molecule has 0 atom stereocenters. The van der Waals surface area contributed by atoms with Gasteiger partial charge in [0, 0.05) is 17.6 Å². The van der Waals surface area contributed by atoms with Crippen LogP contribution in [0, 0.1) is 5.92 Å². The molecule has 0 fully saturated rings. The molecule has 0 aliphatic heterocycles. The number of aliphatic carboxylic acids is 1. The maximum absolute atomic E-state index is 10.7. The first-order valence-corrected chi connectivity index (χ1v) is 7.76. The van der Waals surface area contributed by atoms with E-state index in [1.54, 1.807) is 5.38 Å². The van der Waals surface area contributed by atoms with E-state index in [1.807, 2.05) is 24.3 Å². The summed E-state index contributed by atoms with van der Waals surface area (Å²) >= 11 is 1.47. The molecule has 0 saturated heterocycles. The zero-order valence-corrected chi connectivity index (χ0v) is 13.0. The van der Waals surface area contributed by atoms with E-state index in [0.29, 0.717) is 18.2 Å². The van der Waals surface area contributed by atoms with Gasteiger partial charge in [0.2, 0.25) is 0 Å². The minimum atomic E-state index is -0.857. The number of rotatable bonds is 7. The number of thiazole rings is 1. The summed E-state index contributed by atoms with van der Waals surface area (Å²) in [7, 11) is 0. The number of carbonyl (C=O) groups is 1. The van der Waals surface area contributed by atoms with Crippen LogP contribution in [0.25, 0.3) is 10.6 Å². The molecule has 0 spiro atoms. The number of hydrogen-bond acceptors (Lipinski definition) is 4. The summed E-state index contributed by atoms with van der Waals surface area (Å²) in [5, 5.41) is 11.4. The van der Waals surface area contributed by atoms with E-state index >= 15 is 0 Å². The first kappa shape index (κ1) is 15.7. The minimum absolute atomic E-state index is 0.0301. The Hall–Kier alpha value is -1.72. The molecule has 2 rings (SSSR count). The summed E-state index contributed by atoms with van der Waals surface area (Å²) in [5.41, 5.74) is 2.73. The van der Waals surface area contributed by atoms with Crippen molar-refractivity contribution < 1.29 is 14.6 Å². The zero-order chi connectivity index (χ0) is 15.2. The molecule has 1 heterocycles. The van der Waals surface area contributed by atoms with Crippen molar-refractivity contribution in [2.45, 2.75) is 26.9 Å². The first-order chi connectivity index (χ1) is 10.0.